The normalized spacial score (nSPS) is 10.0. The van der Waals surface area contributed by atoms with Gasteiger partial charge in [0.05, 0.1) is 0 Å². The van der Waals surface area contributed by atoms with Gasteiger partial charge in [-0.15, -0.1) is 0 Å². The van der Waals surface area contributed by atoms with Crippen LogP contribution in [0.5, 0.6) is 0 Å². The molecule has 0 rings (SSSR count). The summed E-state index contributed by atoms with van der Waals surface area (Å²) < 4.78 is 0. The van der Waals surface area contributed by atoms with E-state index < -0.39 is 0 Å². The first-order valence-electron chi connectivity index (χ1n) is 3.60. The smallest absolute Gasteiger partial charge is 0.221 e. The molecule has 3 heteroatoms. The summed E-state index contributed by atoms with van der Waals surface area (Å²) in [5.74, 6) is 0.115. The molecule has 0 aliphatic rings. The topological polar surface area (TPSA) is 41.1 Å². The summed E-state index contributed by atoms with van der Waals surface area (Å²) in [5.41, 5.74) is 0. The molecule has 0 spiro atoms. The van der Waals surface area contributed by atoms with Gasteiger partial charge in [0.2, 0.25) is 5.91 Å². The van der Waals surface area contributed by atoms with Gasteiger partial charge in [-0.3, -0.25) is 4.79 Å². The third-order valence-electron chi connectivity index (χ3n) is 1.05. The minimum atomic E-state index is 0.115. The van der Waals surface area contributed by atoms with Crippen LogP contribution in [-0.4, -0.2) is 25.5 Å². The molecule has 0 aromatic rings. The maximum atomic E-state index is 10.9. The first kappa shape index (κ1) is 9.43. The molecule has 1 amide bonds. The van der Waals surface area contributed by atoms with E-state index in [0.29, 0.717) is 6.42 Å². The molecule has 0 aromatic heterocycles. The van der Waals surface area contributed by atoms with Gasteiger partial charge in [-0.05, 0) is 20.9 Å². The average molecular weight is 144 g/mol. The van der Waals surface area contributed by atoms with Crippen LogP contribution in [0.2, 0.25) is 0 Å². The van der Waals surface area contributed by atoms with Gasteiger partial charge in [-0.2, -0.15) is 0 Å². The van der Waals surface area contributed by atoms with Crippen molar-refractivity contribution in [2.24, 2.45) is 0 Å². The van der Waals surface area contributed by atoms with Gasteiger partial charge in [-0.1, -0.05) is 0 Å². The van der Waals surface area contributed by atoms with E-state index in [0.717, 1.165) is 6.54 Å². The standard InChI is InChI=1S/C7H16N2O/c1-6(2)9-7(10)4-5-8-3/h6,8H,4-5H2,1-3H3,(H,9,10). The zero-order valence-corrected chi connectivity index (χ0v) is 6.90. The molecule has 0 heterocycles. The van der Waals surface area contributed by atoms with Crippen molar-refractivity contribution < 1.29 is 4.79 Å². The highest BCUT2D eigenvalue weighted by molar-refractivity contribution is 5.76. The predicted octanol–water partition coefficient (Wildman–Crippen LogP) is 0.120. The quantitative estimate of drug-likeness (QED) is 0.588. The number of hydrogen-bond donors (Lipinski definition) is 2. The highest BCUT2D eigenvalue weighted by Gasteiger charge is 2.00. The molecule has 0 saturated carbocycles. The lowest BCUT2D eigenvalue weighted by Crippen LogP contribution is -2.31. The molecule has 10 heavy (non-hydrogen) atoms. The Morgan fingerprint density at radius 1 is 1.50 bits per heavy atom. The van der Waals surface area contributed by atoms with Gasteiger partial charge in [0, 0.05) is 19.0 Å². The van der Waals surface area contributed by atoms with Crippen molar-refractivity contribution in [3.05, 3.63) is 0 Å². The lowest BCUT2D eigenvalue weighted by molar-refractivity contribution is -0.121. The summed E-state index contributed by atoms with van der Waals surface area (Å²) in [6.07, 6.45) is 0.564. The van der Waals surface area contributed by atoms with Crippen molar-refractivity contribution in [3.8, 4) is 0 Å². The first-order valence-corrected chi connectivity index (χ1v) is 3.60. The number of amides is 1. The van der Waals surface area contributed by atoms with Crippen LogP contribution in [0.25, 0.3) is 0 Å². The van der Waals surface area contributed by atoms with Crippen LogP contribution in [0.1, 0.15) is 20.3 Å². The molecule has 2 N–H and O–H groups in total. The lowest BCUT2D eigenvalue weighted by Gasteiger charge is -2.06. The summed E-state index contributed by atoms with van der Waals surface area (Å²) in [6.45, 7) is 4.66. The van der Waals surface area contributed by atoms with Crippen LogP contribution >= 0.6 is 0 Å². The third kappa shape index (κ3) is 5.56. The molecule has 0 radical (unpaired) electrons. The van der Waals surface area contributed by atoms with Crippen molar-refractivity contribution >= 4 is 5.91 Å². The summed E-state index contributed by atoms with van der Waals surface area (Å²) in [6, 6.07) is 0.254. The Kier molecular flexibility index (Phi) is 4.94. The third-order valence-corrected chi connectivity index (χ3v) is 1.05. The molecule has 0 atom stereocenters. The molecule has 0 aliphatic carbocycles. The van der Waals surface area contributed by atoms with Gasteiger partial charge in [-0.25, -0.2) is 0 Å². The van der Waals surface area contributed by atoms with Crippen molar-refractivity contribution in [1.29, 1.82) is 0 Å². The Labute approximate surface area is 62.2 Å². The fourth-order valence-electron chi connectivity index (χ4n) is 0.633. The minimum Gasteiger partial charge on any atom is -0.354 e. The van der Waals surface area contributed by atoms with E-state index in [1.165, 1.54) is 0 Å². The highest BCUT2D eigenvalue weighted by Crippen LogP contribution is 1.80. The van der Waals surface area contributed by atoms with Gasteiger partial charge >= 0.3 is 0 Å². The Balaban J connectivity index is 3.26. The second-order valence-electron chi connectivity index (χ2n) is 2.58. The second kappa shape index (κ2) is 5.23. The summed E-state index contributed by atoms with van der Waals surface area (Å²) in [7, 11) is 1.84. The molecular weight excluding hydrogens is 128 g/mol. The van der Waals surface area contributed by atoms with E-state index >= 15 is 0 Å². The number of nitrogens with one attached hydrogen (secondary N) is 2. The average Bonchev–Trinajstić information content (AvgIpc) is 1.82. The fraction of sp³-hybridized carbons (Fsp3) is 0.857. The van der Waals surface area contributed by atoms with E-state index in [1.54, 1.807) is 0 Å². The first-order chi connectivity index (χ1) is 4.66. The summed E-state index contributed by atoms with van der Waals surface area (Å²) in [5, 5.41) is 5.71. The maximum Gasteiger partial charge on any atom is 0.221 e. The minimum absolute atomic E-state index is 0.115. The van der Waals surface area contributed by atoms with Gasteiger partial charge in [0.15, 0.2) is 0 Å². The number of rotatable bonds is 4. The molecule has 0 fully saturated rings. The lowest BCUT2D eigenvalue weighted by atomic mass is 10.3. The number of carbonyl (C=O) groups excluding carboxylic acids is 1. The van der Waals surface area contributed by atoms with E-state index in [1.807, 2.05) is 20.9 Å². The van der Waals surface area contributed by atoms with Crippen LogP contribution < -0.4 is 10.6 Å². The summed E-state index contributed by atoms with van der Waals surface area (Å²) in [4.78, 5) is 10.9. The van der Waals surface area contributed by atoms with E-state index in [-0.39, 0.29) is 11.9 Å². The SMILES string of the molecule is CNCCC(=O)NC(C)C. The highest BCUT2D eigenvalue weighted by atomic mass is 16.1. The Morgan fingerprint density at radius 3 is 2.50 bits per heavy atom. The molecule has 0 unspecified atom stereocenters. The Hall–Kier alpha value is -0.570. The zero-order valence-electron chi connectivity index (χ0n) is 6.90. The maximum absolute atomic E-state index is 10.9. The van der Waals surface area contributed by atoms with Crippen molar-refractivity contribution in [2.45, 2.75) is 26.3 Å². The van der Waals surface area contributed by atoms with Crippen molar-refractivity contribution in [1.82, 2.24) is 10.6 Å². The van der Waals surface area contributed by atoms with Crippen LogP contribution in [0.15, 0.2) is 0 Å². The Bertz CT molecular complexity index is 102. The van der Waals surface area contributed by atoms with Crippen molar-refractivity contribution in [2.75, 3.05) is 13.6 Å². The van der Waals surface area contributed by atoms with Crippen LogP contribution in [0.3, 0.4) is 0 Å². The van der Waals surface area contributed by atoms with Gasteiger partial charge in [0.1, 0.15) is 0 Å². The molecular formula is C7H16N2O. The van der Waals surface area contributed by atoms with E-state index in [9.17, 15) is 4.79 Å². The second-order valence-corrected chi connectivity index (χ2v) is 2.58. The molecule has 0 aliphatic heterocycles. The predicted molar refractivity (Wildman–Crippen MR) is 41.8 cm³/mol. The molecule has 60 valence electrons. The Morgan fingerprint density at radius 2 is 2.10 bits per heavy atom. The van der Waals surface area contributed by atoms with Crippen LogP contribution in [0, 0.1) is 0 Å². The van der Waals surface area contributed by atoms with Gasteiger partial charge < -0.3 is 10.6 Å². The van der Waals surface area contributed by atoms with E-state index in [4.69, 9.17) is 0 Å². The van der Waals surface area contributed by atoms with Crippen LogP contribution in [0.4, 0.5) is 0 Å². The zero-order chi connectivity index (χ0) is 7.98. The fourth-order valence-corrected chi connectivity index (χ4v) is 0.633. The van der Waals surface area contributed by atoms with Crippen LogP contribution in [-0.2, 0) is 4.79 Å². The molecule has 0 saturated heterocycles. The largest absolute Gasteiger partial charge is 0.354 e. The monoisotopic (exact) mass is 144 g/mol. The number of hydrogen-bond acceptors (Lipinski definition) is 2. The molecule has 0 bridgehead atoms. The van der Waals surface area contributed by atoms with E-state index in [2.05, 4.69) is 10.6 Å². The molecule has 3 nitrogen and oxygen atoms in total. The summed E-state index contributed by atoms with van der Waals surface area (Å²) >= 11 is 0. The molecule has 0 aromatic carbocycles. The van der Waals surface area contributed by atoms with Crippen molar-refractivity contribution in [3.63, 3.8) is 0 Å². The number of carbonyl (C=O) groups is 1. The van der Waals surface area contributed by atoms with Gasteiger partial charge in [0.25, 0.3) is 0 Å².